The standard InChI is InChI=1S/C19H18N2OS/c1-13-7-9-15(10-8-13)16-12-23-18(20)17(16)19(22)21-11-14-5-3-2-4-6-14/h2-10,12H,11,20H2,1H3,(H,21,22). The number of rotatable bonds is 4. The van der Waals surface area contributed by atoms with Gasteiger partial charge < -0.3 is 11.1 Å². The van der Waals surface area contributed by atoms with Crippen LogP contribution in [0.25, 0.3) is 11.1 Å². The van der Waals surface area contributed by atoms with Gasteiger partial charge in [0, 0.05) is 17.5 Å². The van der Waals surface area contributed by atoms with Gasteiger partial charge in [-0.1, -0.05) is 60.2 Å². The molecule has 23 heavy (non-hydrogen) atoms. The van der Waals surface area contributed by atoms with Crippen LogP contribution < -0.4 is 11.1 Å². The van der Waals surface area contributed by atoms with Crippen molar-refractivity contribution in [2.75, 3.05) is 5.73 Å². The first kappa shape index (κ1) is 15.3. The monoisotopic (exact) mass is 322 g/mol. The second kappa shape index (κ2) is 6.67. The fourth-order valence-corrected chi connectivity index (χ4v) is 3.24. The third-order valence-corrected chi connectivity index (χ3v) is 4.52. The smallest absolute Gasteiger partial charge is 0.255 e. The normalized spacial score (nSPS) is 10.5. The number of thiophene rings is 1. The predicted molar refractivity (Wildman–Crippen MR) is 96.5 cm³/mol. The number of amides is 1. The third-order valence-electron chi connectivity index (χ3n) is 3.71. The molecule has 0 saturated heterocycles. The molecule has 3 N–H and O–H groups in total. The zero-order valence-electron chi connectivity index (χ0n) is 12.9. The van der Waals surface area contributed by atoms with Crippen LogP contribution in [0.5, 0.6) is 0 Å². The molecule has 0 aliphatic heterocycles. The lowest BCUT2D eigenvalue weighted by molar-refractivity contribution is 0.0953. The molecule has 2 aromatic carbocycles. The second-order valence-corrected chi connectivity index (χ2v) is 6.33. The van der Waals surface area contributed by atoms with Crippen molar-refractivity contribution in [1.29, 1.82) is 0 Å². The molecule has 0 atom stereocenters. The minimum Gasteiger partial charge on any atom is -0.390 e. The Labute approximate surface area is 139 Å². The number of carbonyl (C=O) groups excluding carboxylic acids is 1. The maximum Gasteiger partial charge on any atom is 0.255 e. The van der Waals surface area contributed by atoms with Crippen LogP contribution in [0.1, 0.15) is 21.5 Å². The van der Waals surface area contributed by atoms with E-state index >= 15 is 0 Å². The Morgan fingerprint density at radius 3 is 2.48 bits per heavy atom. The van der Waals surface area contributed by atoms with Gasteiger partial charge >= 0.3 is 0 Å². The van der Waals surface area contributed by atoms with E-state index in [9.17, 15) is 4.79 Å². The van der Waals surface area contributed by atoms with Gasteiger partial charge in [0.25, 0.3) is 5.91 Å². The summed E-state index contributed by atoms with van der Waals surface area (Å²) >= 11 is 1.40. The Morgan fingerprint density at radius 1 is 1.09 bits per heavy atom. The van der Waals surface area contributed by atoms with Gasteiger partial charge in [0.1, 0.15) is 0 Å². The van der Waals surface area contributed by atoms with E-state index in [2.05, 4.69) is 5.32 Å². The molecule has 3 rings (SSSR count). The molecule has 0 radical (unpaired) electrons. The lowest BCUT2D eigenvalue weighted by Gasteiger charge is -2.08. The number of nitrogens with two attached hydrogens (primary N) is 1. The molecule has 0 fully saturated rings. The topological polar surface area (TPSA) is 55.1 Å². The summed E-state index contributed by atoms with van der Waals surface area (Å²) in [7, 11) is 0. The van der Waals surface area contributed by atoms with Gasteiger partial charge in [-0.15, -0.1) is 11.3 Å². The molecule has 0 unspecified atom stereocenters. The van der Waals surface area contributed by atoms with Gasteiger partial charge in [0.05, 0.1) is 10.6 Å². The highest BCUT2D eigenvalue weighted by Gasteiger charge is 2.18. The van der Waals surface area contributed by atoms with Gasteiger partial charge in [-0.25, -0.2) is 0 Å². The molecule has 1 heterocycles. The second-order valence-electron chi connectivity index (χ2n) is 5.42. The van der Waals surface area contributed by atoms with Gasteiger partial charge in [-0.2, -0.15) is 0 Å². The number of hydrogen-bond acceptors (Lipinski definition) is 3. The van der Waals surface area contributed by atoms with Crippen LogP contribution in [-0.4, -0.2) is 5.91 Å². The Hall–Kier alpha value is -2.59. The number of carbonyl (C=O) groups is 1. The first-order valence-electron chi connectivity index (χ1n) is 7.41. The van der Waals surface area contributed by atoms with Crippen molar-refractivity contribution in [3.8, 4) is 11.1 Å². The number of anilines is 1. The molecule has 0 bridgehead atoms. The first-order chi connectivity index (χ1) is 11.1. The number of aryl methyl sites for hydroxylation is 1. The number of hydrogen-bond donors (Lipinski definition) is 2. The van der Waals surface area contributed by atoms with E-state index < -0.39 is 0 Å². The summed E-state index contributed by atoms with van der Waals surface area (Å²) in [5.41, 5.74) is 10.7. The largest absolute Gasteiger partial charge is 0.390 e. The van der Waals surface area contributed by atoms with Crippen molar-refractivity contribution in [1.82, 2.24) is 5.32 Å². The Bertz CT molecular complexity index is 807. The highest BCUT2D eigenvalue weighted by atomic mass is 32.1. The molecule has 4 heteroatoms. The number of nitrogen functional groups attached to an aromatic ring is 1. The van der Waals surface area contributed by atoms with Gasteiger partial charge in [0.2, 0.25) is 0 Å². The molecular weight excluding hydrogens is 304 g/mol. The van der Waals surface area contributed by atoms with Crippen LogP contribution >= 0.6 is 11.3 Å². The molecular formula is C19H18N2OS. The van der Waals surface area contributed by atoms with Crippen molar-refractivity contribution in [3.63, 3.8) is 0 Å². The average Bonchev–Trinajstić information content (AvgIpc) is 2.96. The maximum atomic E-state index is 12.6. The highest BCUT2D eigenvalue weighted by molar-refractivity contribution is 7.15. The third kappa shape index (κ3) is 3.43. The number of nitrogens with one attached hydrogen (secondary N) is 1. The fraction of sp³-hybridized carbons (Fsp3) is 0.105. The summed E-state index contributed by atoms with van der Waals surface area (Å²) in [5, 5.41) is 5.44. The minimum absolute atomic E-state index is 0.136. The molecule has 1 amide bonds. The molecule has 1 aromatic heterocycles. The Morgan fingerprint density at radius 2 is 1.78 bits per heavy atom. The summed E-state index contributed by atoms with van der Waals surface area (Å²) in [6, 6.07) is 17.9. The van der Waals surface area contributed by atoms with Crippen LogP contribution in [-0.2, 0) is 6.54 Å². The molecule has 0 aliphatic carbocycles. The summed E-state index contributed by atoms with van der Waals surface area (Å²) in [4.78, 5) is 12.6. The minimum atomic E-state index is -0.136. The van der Waals surface area contributed by atoms with Crippen molar-refractivity contribution < 1.29 is 4.79 Å². The summed E-state index contributed by atoms with van der Waals surface area (Å²) in [6.45, 7) is 2.53. The van der Waals surface area contributed by atoms with E-state index in [0.717, 1.165) is 16.7 Å². The van der Waals surface area contributed by atoms with E-state index in [1.807, 2.05) is 66.9 Å². The van der Waals surface area contributed by atoms with Crippen molar-refractivity contribution in [2.45, 2.75) is 13.5 Å². The highest BCUT2D eigenvalue weighted by Crippen LogP contribution is 2.33. The van der Waals surface area contributed by atoms with Gasteiger partial charge in [-0.3, -0.25) is 4.79 Å². The first-order valence-corrected chi connectivity index (χ1v) is 8.29. The lowest BCUT2D eigenvalue weighted by atomic mass is 10.0. The quantitative estimate of drug-likeness (QED) is 0.755. The maximum absolute atomic E-state index is 12.6. The van der Waals surface area contributed by atoms with Gasteiger partial charge in [0.15, 0.2) is 0 Å². The zero-order chi connectivity index (χ0) is 16.2. The predicted octanol–water partition coefficient (Wildman–Crippen LogP) is 4.24. The van der Waals surface area contributed by atoms with Crippen molar-refractivity contribution in [2.24, 2.45) is 0 Å². The van der Waals surface area contributed by atoms with Crippen LogP contribution in [0.15, 0.2) is 60.0 Å². The lowest BCUT2D eigenvalue weighted by Crippen LogP contribution is -2.23. The van der Waals surface area contributed by atoms with Gasteiger partial charge in [-0.05, 0) is 18.1 Å². The summed E-state index contributed by atoms with van der Waals surface area (Å²) in [5.74, 6) is -0.136. The van der Waals surface area contributed by atoms with Crippen LogP contribution in [0.4, 0.5) is 5.00 Å². The Balaban J connectivity index is 1.83. The summed E-state index contributed by atoms with van der Waals surface area (Å²) < 4.78 is 0. The van der Waals surface area contributed by atoms with Crippen molar-refractivity contribution in [3.05, 3.63) is 76.7 Å². The fourth-order valence-electron chi connectivity index (χ4n) is 2.42. The van der Waals surface area contributed by atoms with E-state index in [-0.39, 0.29) is 5.91 Å². The SMILES string of the molecule is Cc1ccc(-c2csc(N)c2C(=O)NCc2ccccc2)cc1. The van der Waals surface area contributed by atoms with Crippen LogP contribution in [0, 0.1) is 6.92 Å². The molecule has 0 spiro atoms. The Kier molecular flexibility index (Phi) is 4.44. The average molecular weight is 322 g/mol. The molecule has 0 aliphatic rings. The molecule has 116 valence electrons. The van der Waals surface area contributed by atoms with E-state index in [4.69, 9.17) is 5.73 Å². The zero-order valence-corrected chi connectivity index (χ0v) is 13.7. The number of benzene rings is 2. The summed E-state index contributed by atoms with van der Waals surface area (Å²) in [6.07, 6.45) is 0. The van der Waals surface area contributed by atoms with E-state index in [1.54, 1.807) is 0 Å². The molecule has 0 saturated carbocycles. The van der Waals surface area contributed by atoms with Crippen LogP contribution in [0.2, 0.25) is 0 Å². The molecule has 3 aromatic rings. The van der Waals surface area contributed by atoms with Crippen LogP contribution in [0.3, 0.4) is 0 Å². The van der Waals surface area contributed by atoms with E-state index in [0.29, 0.717) is 17.1 Å². The molecule has 3 nitrogen and oxygen atoms in total. The van der Waals surface area contributed by atoms with Crippen molar-refractivity contribution >= 4 is 22.2 Å². The van der Waals surface area contributed by atoms with E-state index in [1.165, 1.54) is 16.9 Å².